The summed E-state index contributed by atoms with van der Waals surface area (Å²) in [6.07, 6.45) is 3.44. The van der Waals surface area contributed by atoms with E-state index >= 15 is 0 Å². The fraction of sp³-hybridized carbons (Fsp3) is 0.600. The molecule has 27 heavy (non-hydrogen) atoms. The van der Waals surface area contributed by atoms with Gasteiger partial charge in [-0.05, 0) is 30.9 Å². The summed E-state index contributed by atoms with van der Waals surface area (Å²) < 4.78 is 0. The number of likely N-dealkylation sites (N-methyl/N-ethyl adjacent to an activating group) is 1. The Kier molecular flexibility index (Phi) is 11.8. The standard InChI is InChI=1S/C20H32N4OS.HI/c1-4-5-12-21-20(22-14-19(25)23(2)3)24-13-11-17(15-24)16-26-18-9-7-6-8-10-18;/h6-10,17H,4-5,11-16H2,1-3H3,(H,21,22);1H. The van der Waals surface area contributed by atoms with Crippen molar-refractivity contribution in [1.29, 1.82) is 0 Å². The van der Waals surface area contributed by atoms with E-state index in [-0.39, 0.29) is 36.4 Å². The number of carbonyl (C=O) groups is 1. The number of nitrogens with one attached hydrogen (secondary N) is 1. The molecule has 1 fully saturated rings. The van der Waals surface area contributed by atoms with Gasteiger partial charge in [-0.2, -0.15) is 0 Å². The number of unbranched alkanes of at least 4 members (excludes halogenated alkanes) is 1. The summed E-state index contributed by atoms with van der Waals surface area (Å²) in [5.41, 5.74) is 0. The zero-order chi connectivity index (χ0) is 18.8. The molecule has 7 heteroatoms. The van der Waals surface area contributed by atoms with E-state index in [1.165, 1.54) is 11.3 Å². The topological polar surface area (TPSA) is 47.9 Å². The van der Waals surface area contributed by atoms with Crippen LogP contribution in [-0.2, 0) is 4.79 Å². The molecule has 0 aromatic heterocycles. The van der Waals surface area contributed by atoms with Gasteiger partial charge in [0.1, 0.15) is 6.54 Å². The normalized spacial score (nSPS) is 16.8. The molecule has 152 valence electrons. The lowest BCUT2D eigenvalue weighted by Crippen LogP contribution is -2.41. The predicted molar refractivity (Wildman–Crippen MR) is 126 cm³/mol. The van der Waals surface area contributed by atoms with Crippen LogP contribution in [-0.4, -0.2) is 67.7 Å². The van der Waals surface area contributed by atoms with E-state index in [1.807, 2.05) is 11.8 Å². The molecule has 1 heterocycles. The fourth-order valence-electron chi connectivity index (χ4n) is 2.82. The fourth-order valence-corrected chi connectivity index (χ4v) is 3.87. The number of amides is 1. The molecular weight excluding hydrogens is 471 g/mol. The number of carbonyl (C=O) groups excluding carboxylic acids is 1. The molecule has 1 atom stereocenters. The van der Waals surface area contributed by atoms with Gasteiger partial charge in [-0.1, -0.05) is 31.5 Å². The third kappa shape index (κ3) is 8.72. The first kappa shape index (κ1) is 24.1. The van der Waals surface area contributed by atoms with Gasteiger partial charge >= 0.3 is 0 Å². The first-order valence-electron chi connectivity index (χ1n) is 9.51. The Morgan fingerprint density at radius 1 is 1.33 bits per heavy atom. The number of halogens is 1. The van der Waals surface area contributed by atoms with Gasteiger partial charge in [0.2, 0.25) is 5.91 Å². The second kappa shape index (κ2) is 13.3. The van der Waals surface area contributed by atoms with Crippen LogP contribution in [0.25, 0.3) is 0 Å². The maximum atomic E-state index is 11.9. The Bertz CT molecular complexity index is 583. The van der Waals surface area contributed by atoms with Crippen LogP contribution in [0.15, 0.2) is 40.2 Å². The van der Waals surface area contributed by atoms with Crippen molar-refractivity contribution in [2.75, 3.05) is 46.0 Å². The zero-order valence-corrected chi connectivity index (χ0v) is 19.8. The van der Waals surface area contributed by atoms with E-state index in [0.717, 1.165) is 44.2 Å². The zero-order valence-electron chi connectivity index (χ0n) is 16.7. The van der Waals surface area contributed by atoms with Gasteiger partial charge in [0.15, 0.2) is 5.96 Å². The SMILES string of the molecule is CCCCNC(=NCC(=O)N(C)C)N1CCC(CSc2ccccc2)C1.I. The van der Waals surface area contributed by atoms with E-state index in [9.17, 15) is 4.79 Å². The molecule has 1 aromatic rings. The second-order valence-electron chi connectivity index (χ2n) is 6.93. The molecule has 1 N–H and O–H groups in total. The molecule has 1 aliphatic heterocycles. The first-order valence-corrected chi connectivity index (χ1v) is 10.5. The van der Waals surface area contributed by atoms with E-state index in [4.69, 9.17) is 0 Å². The smallest absolute Gasteiger partial charge is 0.243 e. The highest BCUT2D eigenvalue weighted by Gasteiger charge is 2.25. The average Bonchev–Trinajstić information content (AvgIpc) is 3.12. The van der Waals surface area contributed by atoms with E-state index in [0.29, 0.717) is 5.92 Å². The van der Waals surface area contributed by atoms with E-state index in [2.05, 4.69) is 52.5 Å². The van der Waals surface area contributed by atoms with Gasteiger partial charge in [-0.3, -0.25) is 4.79 Å². The van der Waals surface area contributed by atoms with Crippen molar-refractivity contribution in [2.24, 2.45) is 10.9 Å². The van der Waals surface area contributed by atoms with Gasteiger partial charge < -0.3 is 15.1 Å². The monoisotopic (exact) mass is 504 g/mol. The lowest BCUT2D eigenvalue weighted by atomic mass is 10.2. The Hall–Kier alpha value is -0.960. The highest BCUT2D eigenvalue weighted by molar-refractivity contribution is 14.0. The van der Waals surface area contributed by atoms with Gasteiger partial charge in [-0.25, -0.2) is 4.99 Å². The van der Waals surface area contributed by atoms with Crippen molar-refractivity contribution in [1.82, 2.24) is 15.1 Å². The Morgan fingerprint density at radius 3 is 2.74 bits per heavy atom. The lowest BCUT2D eigenvalue weighted by molar-refractivity contribution is -0.127. The number of hydrogen-bond donors (Lipinski definition) is 1. The summed E-state index contributed by atoms with van der Waals surface area (Å²) in [7, 11) is 3.55. The molecule has 0 radical (unpaired) electrons. The lowest BCUT2D eigenvalue weighted by Gasteiger charge is -2.22. The molecule has 5 nitrogen and oxygen atoms in total. The van der Waals surface area contributed by atoms with Gasteiger partial charge in [0.25, 0.3) is 0 Å². The maximum absolute atomic E-state index is 11.9. The van der Waals surface area contributed by atoms with Crippen molar-refractivity contribution >= 4 is 47.6 Å². The number of benzene rings is 1. The van der Waals surface area contributed by atoms with Gasteiger partial charge in [0.05, 0.1) is 0 Å². The number of aliphatic imine (C=N–C) groups is 1. The maximum Gasteiger partial charge on any atom is 0.243 e. The number of thioether (sulfide) groups is 1. The summed E-state index contributed by atoms with van der Waals surface area (Å²) in [5.74, 6) is 2.71. The number of guanidine groups is 1. The third-order valence-corrected chi connectivity index (χ3v) is 5.73. The van der Waals surface area contributed by atoms with Crippen molar-refractivity contribution in [3.05, 3.63) is 30.3 Å². The van der Waals surface area contributed by atoms with Crippen molar-refractivity contribution < 1.29 is 4.79 Å². The van der Waals surface area contributed by atoms with Crippen LogP contribution in [0.3, 0.4) is 0 Å². The van der Waals surface area contributed by atoms with Crippen LogP contribution < -0.4 is 5.32 Å². The molecule has 1 saturated heterocycles. The molecule has 2 rings (SSSR count). The molecule has 1 aliphatic rings. The minimum Gasteiger partial charge on any atom is -0.356 e. The van der Waals surface area contributed by atoms with Crippen LogP contribution in [0.2, 0.25) is 0 Å². The average molecular weight is 504 g/mol. The van der Waals surface area contributed by atoms with Crippen molar-refractivity contribution in [3.63, 3.8) is 0 Å². The van der Waals surface area contributed by atoms with Crippen LogP contribution in [0, 0.1) is 5.92 Å². The van der Waals surface area contributed by atoms with E-state index < -0.39 is 0 Å². The number of hydrogen-bond acceptors (Lipinski definition) is 3. The minimum atomic E-state index is 0. The minimum absolute atomic E-state index is 0. The summed E-state index contributed by atoms with van der Waals surface area (Å²) in [4.78, 5) is 21.7. The van der Waals surface area contributed by atoms with Crippen molar-refractivity contribution in [2.45, 2.75) is 31.1 Å². The predicted octanol–water partition coefficient (Wildman–Crippen LogP) is 3.55. The van der Waals surface area contributed by atoms with Crippen LogP contribution in [0.5, 0.6) is 0 Å². The summed E-state index contributed by atoms with van der Waals surface area (Å²) in [6.45, 7) is 5.32. The molecule has 1 unspecified atom stereocenters. The summed E-state index contributed by atoms with van der Waals surface area (Å²) >= 11 is 1.93. The molecule has 1 aromatic carbocycles. The number of rotatable bonds is 8. The van der Waals surface area contributed by atoms with Gasteiger partial charge in [0, 0.05) is 44.4 Å². The molecule has 0 aliphatic carbocycles. The first-order chi connectivity index (χ1) is 12.6. The largest absolute Gasteiger partial charge is 0.356 e. The summed E-state index contributed by atoms with van der Waals surface area (Å²) in [6, 6.07) is 10.6. The highest BCUT2D eigenvalue weighted by atomic mass is 127. The quantitative estimate of drug-likeness (QED) is 0.194. The van der Waals surface area contributed by atoms with E-state index in [1.54, 1.807) is 19.0 Å². The molecule has 0 saturated carbocycles. The van der Waals surface area contributed by atoms with Crippen LogP contribution in [0.4, 0.5) is 0 Å². The summed E-state index contributed by atoms with van der Waals surface area (Å²) in [5, 5.41) is 3.45. The molecular formula is C20H33IN4OS. The van der Waals surface area contributed by atoms with Crippen LogP contribution >= 0.6 is 35.7 Å². The van der Waals surface area contributed by atoms with Crippen molar-refractivity contribution in [3.8, 4) is 0 Å². The number of likely N-dealkylation sites (tertiary alicyclic amines) is 1. The third-order valence-electron chi connectivity index (χ3n) is 4.49. The van der Waals surface area contributed by atoms with Crippen LogP contribution in [0.1, 0.15) is 26.2 Å². The second-order valence-corrected chi connectivity index (χ2v) is 8.03. The number of nitrogens with zero attached hydrogens (tertiary/aromatic N) is 3. The highest BCUT2D eigenvalue weighted by Crippen LogP contribution is 2.25. The van der Waals surface area contributed by atoms with Gasteiger partial charge in [-0.15, -0.1) is 35.7 Å². The Morgan fingerprint density at radius 2 is 2.07 bits per heavy atom. The molecule has 1 amide bonds. The molecule has 0 bridgehead atoms. The Labute approximate surface area is 185 Å². The molecule has 0 spiro atoms. The Balaban J connectivity index is 0.00000364.